The molecular formula is C20H22N4O2S. The van der Waals surface area contributed by atoms with Crippen LogP contribution in [0.25, 0.3) is 0 Å². The topological polar surface area (TPSA) is 69.0 Å². The van der Waals surface area contributed by atoms with Gasteiger partial charge in [0.1, 0.15) is 12.4 Å². The van der Waals surface area contributed by atoms with E-state index in [0.717, 1.165) is 22.6 Å². The third-order valence-electron chi connectivity index (χ3n) is 4.02. The molecule has 0 saturated carbocycles. The van der Waals surface area contributed by atoms with Gasteiger partial charge in [0, 0.05) is 12.7 Å². The number of para-hydroxylation sites is 1. The largest absolute Gasteiger partial charge is 0.485 e. The zero-order valence-corrected chi connectivity index (χ0v) is 16.4. The Balaban J connectivity index is 1.55. The van der Waals surface area contributed by atoms with Crippen LogP contribution in [0.5, 0.6) is 5.75 Å². The van der Waals surface area contributed by atoms with Crippen LogP contribution in [0.2, 0.25) is 0 Å². The van der Waals surface area contributed by atoms with Crippen LogP contribution in [0.3, 0.4) is 0 Å². The fraction of sp³-hybridized carbons (Fsp3) is 0.250. The maximum atomic E-state index is 12.1. The smallest absolute Gasteiger partial charge is 0.234 e. The van der Waals surface area contributed by atoms with Gasteiger partial charge in [-0.2, -0.15) is 0 Å². The lowest BCUT2D eigenvalue weighted by Gasteiger charge is -2.10. The number of hydrogen-bond acceptors (Lipinski definition) is 5. The second-order valence-corrected chi connectivity index (χ2v) is 7.16. The lowest BCUT2D eigenvalue weighted by Crippen LogP contribution is -2.14. The Morgan fingerprint density at radius 3 is 2.70 bits per heavy atom. The minimum Gasteiger partial charge on any atom is -0.485 e. The maximum Gasteiger partial charge on any atom is 0.234 e. The Kier molecular flexibility index (Phi) is 6.13. The highest BCUT2D eigenvalue weighted by Crippen LogP contribution is 2.21. The summed E-state index contributed by atoms with van der Waals surface area (Å²) in [6.07, 6.45) is 0. The van der Waals surface area contributed by atoms with Crippen molar-refractivity contribution in [2.75, 3.05) is 11.1 Å². The van der Waals surface area contributed by atoms with E-state index in [9.17, 15) is 4.79 Å². The van der Waals surface area contributed by atoms with Crippen molar-refractivity contribution in [1.82, 2.24) is 14.8 Å². The fourth-order valence-electron chi connectivity index (χ4n) is 2.45. The van der Waals surface area contributed by atoms with Gasteiger partial charge in [-0.3, -0.25) is 4.79 Å². The quantitative estimate of drug-likeness (QED) is 0.631. The highest BCUT2D eigenvalue weighted by Gasteiger charge is 2.12. The average molecular weight is 382 g/mol. The number of carbonyl (C=O) groups is 1. The third kappa shape index (κ3) is 5.10. The van der Waals surface area contributed by atoms with Gasteiger partial charge in [0.05, 0.1) is 5.75 Å². The first kappa shape index (κ1) is 19.0. The summed E-state index contributed by atoms with van der Waals surface area (Å²) >= 11 is 1.34. The molecule has 7 heteroatoms. The summed E-state index contributed by atoms with van der Waals surface area (Å²) in [4.78, 5) is 12.1. The Hall–Kier alpha value is -2.80. The van der Waals surface area contributed by atoms with E-state index in [2.05, 4.69) is 21.6 Å². The molecule has 0 unspecified atom stereocenters. The summed E-state index contributed by atoms with van der Waals surface area (Å²) in [6.45, 7) is 4.37. The predicted molar refractivity (Wildman–Crippen MR) is 107 cm³/mol. The van der Waals surface area contributed by atoms with Crippen LogP contribution in [0.4, 0.5) is 5.69 Å². The van der Waals surface area contributed by atoms with E-state index >= 15 is 0 Å². The molecule has 3 aromatic rings. The molecule has 0 bridgehead atoms. The van der Waals surface area contributed by atoms with Gasteiger partial charge in [-0.1, -0.05) is 42.1 Å². The molecule has 0 fully saturated rings. The molecule has 0 spiro atoms. The number of hydrogen-bond donors (Lipinski definition) is 1. The van der Waals surface area contributed by atoms with E-state index in [-0.39, 0.29) is 11.7 Å². The van der Waals surface area contributed by atoms with E-state index < -0.39 is 0 Å². The average Bonchev–Trinajstić information content (AvgIpc) is 3.01. The van der Waals surface area contributed by atoms with Gasteiger partial charge in [0.15, 0.2) is 11.0 Å². The fourth-order valence-corrected chi connectivity index (χ4v) is 3.18. The molecule has 0 saturated heterocycles. The highest BCUT2D eigenvalue weighted by molar-refractivity contribution is 7.99. The number of aromatic nitrogens is 3. The molecule has 27 heavy (non-hydrogen) atoms. The van der Waals surface area contributed by atoms with E-state index in [1.165, 1.54) is 11.8 Å². The number of nitrogens with zero attached hydrogens (tertiary/aromatic N) is 3. The van der Waals surface area contributed by atoms with Crippen molar-refractivity contribution in [2.45, 2.75) is 25.6 Å². The number of benzene rings is 2. The number of aryl methyl sites for hydroxylation is 2. The first-order chi connectivity index (χ1) is 13.0. The number of amides is 1. The van der Waals surface area contributed by atoms with Gasteiger partial charge in [-0.05, 0) is 43.2 Å². The summed E-state index contributed by atoms with van der Waals surface area (Å²) in [5.41, 5.74) is 3.01. The molecule has 6 nitrogen and oxygen atoms in total. The molecule has 1 heterocycles. The standard InChI is InChI=1S/C20H22N4O2S/c1-14-9-10-15(2)17(11-14)26-12-18-22-23-20(24(18)3)27-13-19(25)21-16-7-5-4-6-8-16/h4-11H,12-13H2,1-3H3,(H,21,25). The van der Waals surface area contributed by atoms with Crippen molar-refractivity contribution in [3.05, 3.63) is 65.5 Å². The van der Waals surface area contributed by atoms with Gasteiger partial charge in [0.2, 0.25) is 5.91 Å². The molecule has 3 rings (SSSR count). The van der Waals surface area contributed by atoms with Gasteiger partial charge < -0.3 is 14.6 Å². The Bertz CT molecular complexity index is 925. The number of anilines is 1. The summed E-state index contributed by atoms with van der Waals surface area (Å²) in [7, 11) is 1.87. The SMILES string of the molecule is Cc1ccc(C)c(OCc2nnc(SCC(=O)Nc3ccccc3)n2C)c1. The monoisotopic (exact) mass is 382 g/mol. The minimum atomic E-state index is -0.0811. The molecule has 140 valence electrons. The van der Waals surface area contributed by atoms with Crippen molar-refractivity contribution in [1.29, 1.82) is 0 Å². The minimum absolute atomic E-state index is 0.0811. The van der Waals surface area contributed by atoms with Gasteiger partial charge in [-0.15, -0.1) is 10.2 Å². The first-order valence-electron chi connectivity index (χ1n) is 8.59. The Morgan fingerprint density at radius 2 is 1.93 bits per heavy atom. The van der Waals surface area contributed by atoms with E-state index in [4.69, 9.17) is 4.74 Å². The summed E-state index contributed by atoms with van der Waals surface area (Å²) in [5, 5.41) is 11.9. The number of carbonyl (C=O) groups excluding carboxylic acids is 1. The molecule has 0 radical (unpaired) electrons. The molecule has 2 aromatic carbocycles. The van der Waals surface area contributed by atoms with Crippen molar-refractivity contribution in [3.63, 3.8) is 0 Å². The molecular weight excluding hydrogens is 360 g/mol. The van der Waals surface area contributed by atoms with Crippen molar-refractivity contribution in [3.8, 4) is 5.75 Å². The number of ether oxygens (including phenoxy) is 1. The van der Waals surface area contributed by atoms with Gasteiger partial charge in [0.25, 0.3) is 0 Å². The number of nitrogens with one attached hydrogen (secondary N) is 1. The molecule has 1 aromatic heterocycles. The van der Waals surface area contributed by atoms with Gasteiger partial charge in [-0.25, -0.2) is 0 Å². The van der Waals surface area contributed by atoms with Gasteiger partial charge >= 0.3 is 0 Å². The van der Waals surface area contributed by atoms with E-state index in [0.29, 0.717) is 17.6 Å². The zero-order valence-electron chi connectivity index (χ0n) is 15.6. The van der Waals surface area contributed by atoms with Crippen LogP contribution < -0.4 is 10.1 Å². The van der Waals surface area contributed by atoms with Crippen LogP contribution >= 0.6 is 11.8 Å². The lowest BCUT2D eigenvalue weighted by molar-refractivity contribution is -0.113. The molecule has 0 atom stereocenters. The maximum absolute atomic E-state index is 12.1. The van der Waals surface area contributed by atoms with Crippen molar-refractivity contribution < 1.29 is 9.53 Å². The molecule has 0 aliphatic rings. The second kappa shape index (κ2) is 8.73. The Labute approximate surface area is 163 Å². The molecule has 0 aliphatic carbocycles. The van der Waals surface area contributed by atoms with Crippen LogP contribution in [0.1, 0.15) is 17.0 Å². The summed E-state index contributed by atoms with van der Waals surface area (Å²) in [6, 6.07) is 15.5. The van der Waals surface area contributed by atoms with E-state index in [1.54, 1.807) is 0 Å². The third-order valence-corrected chi connectivity index (χ3v) is 5.04. The molecule has 1 N–H and O–H groups in total. The van der Waals surface area contributed by atoms with Crippen LogP contribution in [0, 0.1) is 13.8 Å². The van der Waals surface area contributed by atoms with E-state index in [1.807, 2.05) is 67.9 Å². The number of rotatable bonds is 7. The van der Waals surface area contributed by atoms with Crippen LogP contribution in [0.15, 0.2) is 53.7 Å². The summed E-state index contributed by atoms with van der Waals surface area (Å²) < 4.78 is 7.74. The lowest BCUT2D eigenvalue weighted by atomic mass is 10.1. The first-order valence-corrected chi connectivity index (χ1v) is 9.57. The normalized spacial score (nSPS) is 10.6. The predicted octanol–water partition coefficient (Wildman–Crippen LogP) is 3.74. The van der Waals surface area contributed by atoms with Crippen LogP contribution in [-0.4, -0.2) is 26.4 Å². The highest BCUT2D eigenvalue weighted by atomic mass is 32.2. The van der Waals surface area contributed by atoms with Crippen LogP contribution in [-0.2, 0) is 18.4 Å². The molecule has 1 amide bonds. The summed E-state index contributed by atoms with van der Waals surface area (Å²) in [5.74, 6) is 1.73. The molecule has 0 aliphatic heterocycles. The van der Waals surface area contributed by atoms with Crippen molar-refractivity contribution in [2.24, 2.45) is 7.05 Å². The van der Waals surface area contributed by atoms with Crippen molar-refractivity contribution >= 4 is 23.4 Å². The number of thioether (sulfide) groups is 1. The Morgan fingerprint density at radius 1 is 1.15 bits per heavy atom. The second-order valence-electron chi connectivity index (χ2n) is 6.22. The zero-order chi connectivity index (χ0) is 19.2.